The number of carbonyl (C=O) groups excluding carboxylic acids is 2. The molecule has 2 aromatic rings. The Balaban J connectivity index is 1.28. The summed E-state index contributed by atoms with van der Waals surface area (Å²) in [6, 6.07) is 11.3. The van der Waals surface area contributed by atoms with Gasteiger partial charge in [-0.15, -0.1) is 0 Å². The molecule has 2 bridgehead atoms. The molecule has 2 fully saturated rings. The lowest BCUT2D eigenvalue weighted by Crippen LogP contribution is -2.67. The predicted octanol–water partition coefficient (Wildman–Crippen LogP) is 3.59. The lowest BCUT2D eigenvalue weighted by atomic mass is 9.53. The molecule has 3 heterocycles. The van der Waals surface area contributed by atoms with E-state index in [2.05, 4.69) is 23.1 Å². The Bertz CT molecular complexity index is 1290. The van der Waals surface area contributed by atoms with E-state index >= 15 is 0 Å². The molecule has 6 nitrogen and oxygen atoms in total. The fraction of sp³-hybridized carbons (Fsp3) is 0.448. The Labute approximate surface area is 204 Å². The van der Waals surface area contributed by atoms with Crippen molar-refractivity contribution in [3.05, 3.63) is 70.8 Å². The van der Waals surface area contributed by atoms with Crippen molar-refractivity contribution in [1.29, 1.82) is 0 Å². The van der Waals surface area contributed by atoms with Crippen LogP contribution in [0.15, 0.2) is 48.6 Å². The molecule has 1 spiro atoms. The predicted molar refractivity (Wildman–Crippen MR) is 129 cm³/mol. The lowest BCUT2D eigenvalue weighted by molar-refractivity contribution is -0.0331. The van der Waals surface area contributed by atoms with Gasteiger partial charge in [0.2, 0.25) is 0 Å². The highest BCUT2D eigenvalue weighted by molar-refractivity contribution is 6.21. The average Bonchev–Trinajstić information content (AvgIpc) is 3.58. The molecule has 6 aliphatic rings. The van der Waals surface area contributed by atoms with Crippen LogP contribution in [0.2, 0.25) is 0 Å². The summed E-state index contributed by atoms with van der Waals surface area (Å²) in [6.07, 6.45) is 8.75. The van der Waals surface area contributed by atoms with E-state index < -0.39 is 6.04 Å². The third-order valence-corrected chi connectivity index (χ3v) is 9.50. The Morgan fingerprint density at radius 2 is 1.83 bits per heavy atom. The molecule has 2 amide bonds. The summed E-state index contributed by atoms with van der Waals surface area (Å²) < 4.78 is 12.6. The van der Waals surface area contributed by atoms with Gasteiger partial charge in [-0.2, -0.15) is 0 Å². The van der Waals surface area contributed by atoms with Crippen LogP contribution in [0.1, 0.15) is 51.1 Å². The number of hydrogen-bond donors (Lipinski definition) is 0. The maximum absolute atomic E-state index is 13.5. The molecule has 1 saturated carbocycles. The molecule has 0 N–H and O–H groups in total. The van der Waals surface area contributed by atoms with E-state index in [1.165, 1.54) is 35.4 Å². The topological polar surface area (TPSA) is 59.1 Å². The van der Waals surface area contributed by atoms with E-state index in [4.69, 9.17) is 9.47 Å². The summed E-state index contributed by atoms with van der Waals surface area (Å²) in [7, 11) is 1.68. The summed E-state index contributed by atoms with van der Waals surface area (Å²) >= 11 is 0. The first kappa shape index (κ1) is 20.1. The van der Waals surface area contributed by atoms with Gasteiger partial charge in [-0.05, 0) is 61.9 Å². The van der Waals surface area contributed by atoms with Gasteiger partial charge in [-0.1, -0.05) is 30.4 Å². The number of nitrogens with zero attached hydrogens (tertiary/aromatic N) is 2. The van der Waals surface area contributed by atoms with Crippen molar-refractivity contribution in [2.45, 2.75) is 49.3 Å². The normalized spacial score (nSPS) is 34.0. The van der Waals surface area contributed by atoms with Crippen molar-refractivity contribution in [2.75, 3.05) is 20.2 Å². The third-order valence-electron chi connectivity index (χ3n) is 9.50. The van der Waals surface area contributed by atoms with Crippen molar-refractivity contribution in [2.24, 2.45) is 11.8 Å². The number of carbonyl (C=O) groups is 2. The van der Waals surface area contributed by atoms with E-state index in [1.54, 1.807) is 19.2 Å². The molecule has 5 atom stereocenters. The molecular formula is C29H28N2O4. The minimum absolute atomic E-state index is 0.222. The molecule has 35 heavy (non-hydrogen) atoms. The minimum atomic E-state index is -0.447. The van der Waals surface area contributed by atoms with Gasteiger partial charge >= 0.3 is 0 Å². The van der Waals surface area contributed by atoms with Crippen LogP contribution in [-0.2, 0) is 11.8 Å². The van der Waals surface area contributed by atoms with Gasteiger partial charge in [0.25, 0.3) is 11.8 Å². The van der Waals surface area contributed by atoms with Gasteiger partial charge < -0.3 is 9.47 Å². The van der Waals surface area contributed by atoms with Gasteiger partial charge in [0.05, 0.1) is 24.3 Å². The molecular weight excluding hydrogens is 440 g/mol. The Morgan fingerprint density at radius 3 is 2.54 bits per heavy atom. The van der Waals surface area contributed by atoms with Crippen LogP contribution in [0.3, 0.4) is 0 Å². The first-order valence-electron chi connectivity index (χ1n) is 12.9. The van der Waals surface area contributed by atoms with Gasteiger partial charge in [0.15, 0.2) is 11.5 Å². The van der Waals surface area contributed by atoms with Crippen LogP contribution >= 0.6 is 0 Å². The summed E-state index contributed by atoms with van der Waals surface area (Å²) in [5, 5.41) is 0. The number of fused-ring (bicyclic) bond motifs is 1. The lowest BCUT2D eigenvalue weighted by Gasteiger charge is -2.58. The molecule has 178 valence electrons. The second-order valence-electron chi connectivity index (χ2n) is 11.1. The molecule has 6 heteroatoms. The van der Waals surface area contributed by atoms with Gasteiger partial charge in [-0.25, -0.2) is 0 Å². The molecule has 1 saturated heterocycles. The minimum Gasteiger partial charge on any atom is -0.493 e. The highest BCUT2D eigenvalue weighted by Gasteiger charge is 2.66. The second kappa shape index (κ2) is 6.76. The van der Waals surface area contributed by atoms with Crippen LogP contribution in [0.4, 0.5) is 0 Å². The number of ether oxygens (including phenoxy) is 2. The van der Waals surface area contributed by atoms with Crippen molar-refractivity contribution in [3.8, 4) is 11.5 Å². The Morgan fingerprint density at radius 1 is 1.06 bits per heavy atom. The SMILES string of the molecule is COc1ccc2c3c1O[C@H]1[C@H](N4C(=O)c5ccccc5C4=O)C=C[C@H]4[C@@H](C2)N(CC2CC2)CC[C@@]341. The summed E-state index contributed by atoms with van der Waals surface area (Å²) in [5.41, 5.74) is 3.32. The van der Waals surface area contributed by atoms with Crippen LogP contribution in [0.25, 0.3) is 0 Å². The molecule has 3 aliphatic carbocycles. The fourth-order valence-corrected chi connectivity index (χ4v) is 7.84. The number of methoxy groups -OCH3 is 1. The van der Waals surface area contributed by atoms with E-state index in [9.17, 15) is 9.59 Å². The Kier molecular flexibility index (Phi) is 3.88. The number of rotatable bonds is 4. The van der Waals surface area contributed by atoms with E-state index in [0.717, 1.165) is 36.8 Å². The van der Waals surface area contributed by atoms with Crippen molar-refractivity contribution in [3.63, 3.8) is 0 Å². The van der Waals surface area contributed by atoms with Crippen LogP contribution in [0.5, 0.6) is 11.5 Å². The number of piperidine rings is 1. The van der Waals surface area contributed by atoms with Crippen LogP contribution in [-0.4, -0.2) is 60.0 Å². The standard InChI is InChI=1S/C29H28N2O4/c1-34-23-11-8-17-14-22-20-9-10-21(31-27(32)18-4-2-3-5-19(18)28(31)33)26-29(20,24(17)25(23)35-26)12-13-30(22)15-16-6-7-16/h2-5,8-11,16,20-22,26H,6-7,12-15H2,1H3/t20-,21+,22+,26-,29-/m0/s1. The zero-order chi connectivity index (χ0) is 23.5. The first-order valence-corrected chi connectivity index (χ1v) is 12.9. The molecule has 0 radical (unpaired) electrons. The molecule has 8 rings (SSSR count). The number of likely N-dealkylation sites (tertiary alicyclic amines) is 1. The smallest absolute Gasteiger partial charge is 0.262 e. The van der Waals surface area contributed by atoms with Gasteiger partial charge in [-0.3, -0.25) is 19.4 Å². The van der Waals surface area contributed by atoms with Crippen molar-refractivity contribution >= 4 is 11.8 Å². The largest absolute Gasteiger partial charge is 0.493 e. The van der Waals surface area contributed by atoms with Crippen LogP contribution < -0.4 is 9.47 Å². The molecule has 2 aromatic carbocycles. The van der Waals surface area contributed by atoms with E-state index in [0.29, 0.717) is 23.1 Å². The second-order valence-corrected chi connectivity index (χ2v) is 11.1. The summed E-state index contributed by atoms with van der Waals surface area (Å²) in [5.74, 6) is 2.25. The average molecular weight is 469 g/mol. The quantitative estimate of drug-likeness (QED) is 0.507. The number of amides is 2. The van der Waals surface area contributed by atoms with E-state index in [-0.39, 0.29) is 23.3 Å². The third kappa shape index (κ3) is 2.43. The Hall–Kier alpha value is -3.12. The monoisotopic (exact) mass is 468 g/mol. The molecule has 0 unspecified atom stereocenters. The molecule has 0 aromatic heterocycles. The highest BCUT2D eigenvalue weighted by atomic mass is 16.5. The van der Waals surface area contributed by atoms with Crippen LogP contribution in [0, 0.1) is 11.8 Å². The van der Waals surface area contributed by atoms with Crippen molar-refractivity contribution < 1.29 is 19.1 Å². The maximum Gasteiger partial charge on any atom is 0.262 e. The first-order chi connectivity index (χ1) is 17.1. The zero-order valence-electron chi connectivity index (χ0n) is 19.8. The highest BCUT2D eigenvalue weighted by Crippen LogP contribution is 2.63. The van der Waals surface area contributed by atoms with Gasteiger partial charge in [0, 0.05) is 29.5 Å². The summed E-state index contributed by atoms with van der Waals surface area (Å²) in [4.78, 5) is 31.1. The number of imide groups is 1. The number of benzene rings is 2. The van der Waals surface area contributed by atoms with Crippen molar-refractivity contribution in [1.82, 2.24) is 9.80 Å². The van der Waals surface area contributed by atoms with Gasteiger partial charge in [0.1, 0.15) is 6.10 Å². The molecule has 3 aliphatic heterocycles. The maximum atomic E-state index is 13.5. The zero-order valence-corrected chi connectivity index (χ0v) is 19.8. The summed E-state index contributed by atoms with van der Waals surface area (Å²) in [6.45, 7) is 2.20. The van der Waals surface area contributed by atoms with E-state index in [1.807, 2.05) is 18.2 Å². The fourth-order valence-electron chi connectivity index (χ4n) is 7.84. The number of hydrogen-bond acceptors (Lipinski definition) is 5.